The van der Waals surface area contributed by atoms with Crippen LogP contribution in [0, 0.1) is 0 Å². The number of carbonyl (C=O) groups excluding carboxylic acids is 2. The number of carbonyl (C=O) groups is 2. The normalized spacial score (nSPS) is 16.0. The van der Waals surface area contributed by atoms with Crippen molar-refractivity contribution in [2.24, 2.45) is 0 Å². The van der Waals surface area contributed by atoms with Gasteiger partial charge >= 0.3 is 0 Å². The van der Waals surface area contributed by atoms with Gasteiger partial charge in [-0.25, -0.2) is 0 Å². The van der Waals surface area contributed by atoms with Crippen LogP contribution in [0.5, 0.6) is 11.5 Å². The molecule has 0 saturated carbocycles. The van der Waals surface area contributed by atoms with E-state index in [0.29, 0.717) is 36.7 Å². The number of piperazine rings is 1. The summed E-state index contributed by atoms with van der Waals surface area (Å²) in [6, 6.07) is 8.75. The number of rotatable bonds is 5. The van der Waals surface area contributed by atoms with Gasteiger partial charge in [-0.05, 0) is 36.4 Å². The third kappa shape index (κ3) is 4.32. The van der Waals surface area contributed by atoms with Crippen LogP contribution in [0.4, 0.5) is 0 Å². The topological polar surface area (TPSA) is 84.0 Å². The first-order chi connectivity index (χ1) is 14.1. The second-order valence-electron chi connectivity index (χ2n) is 7.03. The quantitative estimate of drug-likeness (QED) is 0.825. The Balaban J connectivity index is 1.37. The molecule has 0 spiro atoms. The maximum absolute atomic E-state index is 12.8. The minimum absolute atomic E-state index is 0.0621. The number of nitrogens with zero attached hydrogens (tertiary/aromatic N) is 3. The van der Waals surface area contributed by atoms with Crippen molar-refractivity contribution in [1.29, 1.82) is 0 Å². The number of benzene rings is 1. The van der Waals surface area contributed by atoms with Gasteiger partial charge in [0.1, 0.15) is 5.69 Å². The Hall–Kier alpha value is -3.13. The summed E-state index contributed by atoms with van der Waals surface area (Å²) in [7, 11) is 0. The highest BCUT2D eigenvalue weighted by molar-refractivity contribution is 5.98. The van der Waals surface area contributed by atoms with Crippen LogP contribution in [-0.4, -0.2) is 66.1 Å². The van der Waals surface area contributed by atoms with Crippen molar-refractivity contribution >= 4 is 11.8 Å². The summed E-state index contributed by atoms with van der Waals surface area (Å²) in [5, 5.41) is 2.84. The summed E-state index contributed by atoms with van der Waals surface area (Å²) >= 11 is 0. The molecule has 1 saturated heterocycles. The lowest BCUT2D eigenvalue weighted by Crippen LogP contribution is -2.48. The van der Waals surface area contributed by atoms with Gasteiger partial charge in [-0.3, -0.25) is 14.6 Å². The Morgan fingerprint density at radius 3 is 2.66 bits per heavy atom. The summed E-state index contributed by atoms with van der Waals surface area (Å²) in [6.45, 7) is 6.78. The van der Waals surface area contributed by atoms with Crippen molar-refractivity contribution < 1.29 is 19.1 Å². The van der Waals surface area contributed by atoms with E-state index in [-0.39, 0.29) is 24.3 Å². The first-order valence-electron chi connectivity index (χ1n) is 9.78. The summed E-state index contributed by atoms with van der Waals surface area (Å²) in [4.78, 5) is 33.6. The maximum Gasteiger partial charge on any atom is 0.270 e. The molecule has 29 heavy (non-hydrogen) atoms. The van der Waals surface area contributed by atoms with E-state index in [1.54, 1.807) is 12.1 Å². The zero-order valence-electron chi connectivity index (χ0n) is 16.4. The molecule has 2 aromatic rings. The Kier molecular flexibility index (Phi) is 5.62. The standard InChI is InChI=1S/C21H24N4O4/c1-2-24-7-9-25(10-8-24)21(27)16-5-6-22-17(12-16)20(26)23-13-15-3-4-18-19(11-15)29-14-28-18/h3-6,11-12H,2,7-10,13-14H2,1H3,(H,23,26). The minimum atomic E-state index is -0.326. The van der Waals surface area contributed by atoms with E-state index in [2.05, 4.69) is 22.1 Å². The molecule has 1 N–H and O–H groups in total. The third-order valence-corrected chi connectivity index (χ3v) is 5.24. The molecule has 0 atom stereocenters. The van der Waals surface area contributed by atoms with Crippen LogP contribution in [0.3, 0.4) is 0 Å². The fraction of sp³-hybridized carbons (Fsp3) is 0.381. The third-order valence-electron chi connectivity index (χ3n) is 5.24. The van der Waals surface area contributed by atoms with Crippen LogP contribution >= 0.6 is 0 Å². The molecule has 0 radical (unpaired) electrons. The number of hydrogen-bond acceptors (Lipinski definition) is 6. The van der Waals surface area contributed by atoms with Crippen molar-refractivity contribution in [3.8, 4) is 11.5 Å². The fourth-order valence-corrected chi connectivity index (χ4v) is 3.46. The molecular formula is C21H24N4O4. The highest BCUT2D eigenvalue weighted by Crippen LogP contribution is 2.32. The van der Waals surface area contributed by atoms with Gasteiger partial charge in [0.25, 0.3) is 11.8 Å². The molecule has 1 fully saturated rings. The molecule has 1 aromatic heterocycles. The largest absolute Gasteiger partial charge is 0.454 e. The summed E-state index contributed by atoms with van der Waals surface area (Å²) in [5.41, 5.74) is 1.60. The van der Waals surface area contributed by atoms with Gasteiger partial charge in [-0.1, -0.05) is 13.0 Å². The average molecular weight is 396 g/mol. The molecule has 2 aliphatic rings. The van der Waals surface area contributed by atoms with Crippen LogP contribution < -0.4 is 14.8 Å². The zero-order valence-corrected chi connectivity index (χ0v) is 16.4. The Morgan fingerprint density at radius 2 is 1.86 bits per heavy atom. The minimum Gasteiger partial charge on any atom is -0.454 e. The second kappa shape index (κ2) is 8.48. The van der Waals surface area contributed by atoms with Gasteiger partial charge in [0.15, 0.2) is 11.5 Å². The first kappa shape index (κ1) is 19.2. The number of amides is 2. The van der Waals surface area contributed by atoms with Crippen LogP contribution in [-0.2, 0) is 6.54 Å². The summed E-state index contributed by atoms with van der Waals surface area (Å²) in [6.07, 6.45) is 1.50. The van der Waals surface area contributed by atoms with E-state index in [1.165, 1.54) is 6.20 Å². The highest BCUT2D eigenvalue weighted by atomic mass is 16.7. The van der Waals surface area contributed by atoms with E-state index in [9.17, 15) is 9.59 Å². The lowest BCUT2D eigenvalue weighted by atomic mass is 10.1. The first-order valence-corrected chi connectivity index (χ1v) is 9.78. The van der Waals surface area contributed by atoms with E-state index in [4.69, 9.17) is 9.47 Å². The van der Waals surface area contributed by atoms with Crippen LogP contribution in [0.25, 0.3) is 0 Å². The summed E-state index contributed by atoms with van der Waals surface area (Å²) < 4.78 is 10.6. The maximum atomic E-state index is 12.8. The van der Waals surface area contributed by atoms with E-state index >= 15 is 0 Å². The van der Waals surface area contributed by atoms with Crippen molar-refractivity contribution in [1.82, 2.24) is 20.1 Å². The number of hydrogen-bond donors (Lipinski definition) is 1. The smallest absolute Gasteiger partial charge is 0.270 e. The van der Waals surface area contributed by atoms with Gasteiger partial charge < -0.3 is 24.6 Å². The van der Waals surface area contributed by atoms with Crippen molar-refractivity contribution in [3.05, 3.63) is 53.3 Å². The Labute approximate surface area is 169 Å². The molecule has 2 aliphatic heterocycles. The second-order valence-corrected chi connectivity index (χ2v) is 7.03. The van der Waals surface area contributed by atoms with E-state index in [0.717, 1.165) is 25.2 Å². The molecule has 2 amide bonds. The van der Waals surface area contributed by atoms with Crippen molar-refractivity contribution in [2.45, 2.75) is 13.5 Å². The van der Waals surface area contributed by atoms with Crippen LogP contribution in [0.1, 0.15) is 33.3 Å². The molecule has 0 bridgehead atoms. The molecule has 0 unspecified atom stereocenters. The zero-order chi connectivity index (χ0) is 20.2. The fourth-order valence-electron chi connectivity index (χ4n) is 3.46. The molecule has 152 valence electrons. The van der Waals surface area contributed by atoms with Crippen LogP contribution in [0.2, 0.25) is 0 Å². The Morgan fingerprint density at radius 1 is 1.07 bits per heavy atom. The molecule has 8 nitrogen and oxygen atoms in total. The lowest BCUT2D eigenvalue weighted by Gasteiger charge is -2.34. The van der Waals surface area contributed by atoms with Crippen LogP contribution in [0.15, 0.2) is 36.5 Å². The number of pyridine rings is 1. The van der Waals surface area contributed by atoms with Crippen molar-refractivity contribution in [3.63, 3.8) is 0 Å². The predicted octanol–water partition coefficient (Wildman–Crippen LogP) is 1.52. The number of fused-ring (bicyclic) bond motifs is 1. The molecule has 3 heterocycles. The molecule has 8 heteroatoms. The molecular weight excluding hydrogens is 372 g/mol. The van der Waals surface area contributed by atoms with E-state index < -0.39 is 0 Å². The number of aromatic nitrogens is 1. The van der Waals surface area contributed by atoms with Gasteiger partial charge in [0, 0.05) is 44.5 Å². The highest BCUT2D eigenvalue weighted by Gasteiger charge is 2.22. The summed E-state index contributed by atoms with van der Waals surface area (Å²) in [5.74, 6) is 0.986. The number of likely N-dealkylation sites (N-methyl/N-ethyl adjacent to an activating group) is 1. The van der Waals surface area contributed by atoms with Crippen molar-refractivity contribution in [2.75, 3.05) is 39.5 Å². The van der Waals surface area contributed by atoms with Gasteiger partial charge in [0.05, 0.1) is 0 Å². The average Bonchev–Trinajstić information content (AvgIpc) is 3.25. The van der Waals surface area contributed by atoms with Gasteiger partial charge in [-0.15, -0.1) is 0 Å². The van der Waals surface area contributed by atoms with Gasteiger partial charge in [-0.2, -0.15) is 0 Å². The molecule has 0 aliphatic carbocycles. The predicted molar refractivity (Wildman–Crippen MR) is 106 cm³/mol. The lowest BCUT2D eigenvalue weighted by molar-refractivity contribution is 0.0643. The molecule has 1 aromatic carbocycles. The number of nitrogens with one attached hydrogen (secondary N) is 1. The van der Waals surface area contributed by atoms with E-state index in [1.807, 2.05) is 23.1 Å². The Bertz CT molecular complexity index is 909. The SMILES string of the molecule is CCN1CCN(C(=O)c2ccnc(C(=O)NCc3ccc4c(c3)OCO4)c2)CC1. The monoisotopic (exact) mass is 396 g/mol. The van der Waals surface area contributed by atoms with Gasteiger partial charge in [0.2, 0.25) is 6.79 Å². The number of ether oxygens (including phenoxy) is 2. The molecule has 4 rings (SSSR count).